The minimum Gasteiger partial charge on any atom is -0.367 e. The standard InChI is InChI=1S/C14H22N2O2S/c1-11-8-14(5-4-13(11)9-15-3)16-6-7-19(17,18)10-12(16)2/h4-5,8,12,15H,6-7,9-10H2,1-3H3. The van der Waals surface area contributed by atoms with Crippen molar-refractivity contribution in [2.24, 2.45) is 0 Å². The molecule has 19 heavy (non-hydrogen) atoms. The second kappa shape index (κ2) is 5.51. The van der Waals surface area contributed by atoms with Crippen LogP contribution in [0, 0.1) is 6.92 Å². The van der Waals surface area contributed by atoms with E-state index in [1.54, 1.807) is 0 Å². The minimum absolute atomic E-state index is 0.0494. The van der Waals surface area contributed by atoms with Crippen LogP contribution >= 0.6 is 0 Å². The zero-order valence-corrected chi connectivity index (χ0v) is 12.6. The van der Waals surface area contributed by atoms with Gasteiger partial charge < -0.3 is 10.2 Å². The minimum atomic E-state index is -2.85. The van der Waals surface area contributed by atoms with Crippen LogP contribution in [-0.4, -0.2) is 39.6 Å². The molecular formula is C14H22N2O2S. The topological polar surface area (TPSA) is 49.4 Å². The van der Waals surface area contributed by atoms with E-state index in [4.69, 9.17) is 0 Å². The molecule has 0 aliphatic carbocycles. The van der Waals surface area contributed by atoms with Crippen LogP contribution in [0.3, 0.4) is 0 Å². The summed E-state index contributed by atoms with van der Waals surface area (Å²) in [6.07, 6.45) is 0. The smallest absolute Gasteiger partial charge is 0.154 e. The van der Waals surface area contributed by atoms with E-state index in [0.717, 1.165) is 12.2 Å². The highest BCUT2D eigenvalue weighted by Crippen LogP contribution is 2.24. The highest BCUT2D eigenvalue weighted by Gasteiger charge is 2.28. The summed E-state index contributed by atoms with van der Waals surface area (Å²) in [6.45, 7) is 5.53. The third-order valence-corrected chi connectivity index (χ3v) is 5.49. The normalized spacial score (nSPS) is 22.5. The lowest BCUT2D eigenvalue weighted by molar-refractivity contribution is 0.568. The van der Waals surface area contributed by atoms with Gasteiger partial charge in [-0.2, -0.15) is 0 Å². The molecule has 4 nitrogen and oxygen atoms in total. The molecule has 2 rings (SSSR count). The molecule has 0 radical (unpaired) electrons. The third kappa shape index (κ3) is 3.28. The van der Waals surface area contributed by atoms with Crippen LogP contribution in [0.4, 0.5) is 5.69 Å². The predicted octanol–water partition coefficient (Wildman–Crippen LogP) is 1.34. The van der Waals surface area contributed by atoms with Gasteiger partial charge in [-0.25, -0.2) is 8.42 Å². The van der Waals surface area contributed by atoms with Crippen molar-refractivity contribution in [3.05, 3.63) is 29.3 Å². The Balaban J connectivity index is 2.21. The average molecular weight is 282 g/mol. The molecule has 1 aromatic carbocycles. The average Bonchev–Trinajstić information content (AvgIpc) is 2.31. The van der Waals surface area contributed by atoms with E-state index in [-0.39, 0.29) is 17.5 Å². The molecule has 1 atom stereocenters. The second-order valence-corrected chi connectivity index (χ2v) is 7.53. The Bertz CT molecular complexity index is 555. The number of sulfone groups is 1. The van der Waals surface area contributed by atoms with Gasteiger partial charge in [0.05, 0.1) is 11.5 Å². The Labute approximate surface area is 115 Å². The first-order valence-electron chi connectivity index (χ1n) is 6.64. The maximum Gasteiger partial charge on any atom is 0.154 e. The molecule has 1 aromatic rings. The number of aryl methyl sites for hydroxylation is 1. The maximum absolute atomic E-state index is 11.6. The molecule has 1 fully saturated rings. The Morgan fingerprint density at radius 1 is 1.42 bits per heavy atom. The van der Waals surface area contributed by atoms with E-state index in [2.05, 4.69) is 35.3 Å². The molecule has 0 bridgehead atoms. The summed E-state index contributed by atoms with van der Waals surface area (Å²) < 4.78 is 23.2. The molecule has 106 valence electrons. The van der Waals surface area contributed by atoms with E-state index in [9.17, 15) is 8.42 Å². The molecule has 0 saturated carbocycles. The lowest BCUT2D eigenvalue weighted by Gasteiger charge is -2.35. The Morgan fingerprint density at radius 3 is 2.74 bits per heavy atom. The van der Waals surface area contributed by atoms with Crippen molar-refractivity contribution < 1.29 is 8.42 Å². The van der Waals surface area contributed by atoms with E-state index in [0.29, 0.717) is 6.54 Å². The Kier molecular flexibility index (Phi) is 4.16. The molecular weight excluding hydrogens is 260 g/mol. The van der Waals surface area contributed by atoms with Gasteiger partial charge in [-0.05, 0) is 44.2 Å². The van der Waals surface area contributed by atoms with Crippen molar-refractivity contribution in [3.63, 3.8) is 0 Å². The number of nitrogens with one attached hydrogen (secondary N) is 1. The van der Waals surface area contributed by atoms with Crippen LogP contribution in [-0.2, 0) is 16.4 Å². The highest BCUT2D eigenvalue weighted by molar-refractivity contribution is 7.91. The van der Waals surface area contributed by atoms with Crippen LogP contribution < -0.4 is 10.2 Å². The van der Waals surface area contributed by atoms with Crippen molar-refractivity contribution in [1.82, 2.24) is 5.32 Å². The molecule has 1 heterocycles. The zero-order chi connectivity index (χ0) is 14.0. The van der Waals surface area contributed by atoms with Crippen LogP contribution in [0.15, 0.2) is 18.2 Å². The molecule has 1 N–H and O–H groups in total. The zero-order valence-electron chi connectivity index (χ0n) is 11.8. The van der Waals surface area contributed by atoms with Gasteiger partial charge >= 0.3 is 0 Å². The van der Waals surface area contributed by atoms with Gasteiger partial charge in [-0.1, -0.05) is 6.07 Å². The molecule has 1 aliphatic rings. The third-order valence-electron chi connectivity index (χ3n) is 3.70. The molecule has 0 spiro atoms. The summed E-state index contributed by atoms with van der Waals surface area (Å²) >= 11 is 0. The van der Waals surface area contributed by atoms with Gasteiger partial charge in [0, 0.05) is 24.8 Å². The van der Waals surface area contributed by atoms with Crippen molar-refractivity contribution in [3.8, 4) is 0 Å². The molecule has 1 saturated heterocycles. The maximum atomic E-state index is 11.6. The fourth-order valence-corrected chi connectivity index (χ4v) is 4.19. The Morgan fingerprint density at radius 2 is 2.16 bits per heavy atom. The van der Waals surface area contributed by atoms with Crippen molar-refractivity contribution in [1.29, 1.82) is 0 Å². The van der Waals surface area contributed by atoms with Crippen molar-refractivity contribution >= 4 is 15.5 Å². The van der Waals surface area contributed by atoms with E-state index < -0.39 is 9.84 Å². The van der Waals surface area contributed by atoms with Crippen LogP contribution in [0.2, 0.25) is 0 Å². The first kappa shape index (κ1) is 14.3. The van der Waals surface area contributed by atoms with Gasteiger partial charge in [0.15, 0.2) is 9.84 Å². The lowest BCUT2D eigenvalue weighted by atomic mass is 10.1. The largest absolute Gasteiger partial charge is 0.367 e. The summed E-state index contributed by atoms with van der Waals surface area (Å²) in [5.41, 5.74) is 3.65. The van der Waals surface area contributed by atoms with E-state index >= 15 is 0 Å². The number of nitrogens with zero attached hydrogens (tertiary/aromatic N) is 1. The summed E-state index contributed by atoms with van der Waals surface area (Å²) in [7, 11) is -0.916. The lowest BCUT2D eigenvalue weighted by Crippen LogP contribution is -2.47. The van der Waals surface area contributed by atoms with Gasteiger partial charge in [-0.3, -0.25) is 0 Å². The molecule has 0 aromatic heterocycles. The van der Waals surface area contributed by atoms with E-state index in [1.807, 2.05) is 14.0 Å². The van der Waals surface area contributed by atoms with Crippen molar-refractivity contribution in [2.75, 3.05) is 30.0 Å². The number of hydrogen-bond donors (Lipinski definition) is 1. The van der Waals surface area contributed by atoms with Crippen LogP contribution in [0.25, 0.3) is 0 Å². The van der Waals surface area contributed by atoms with Gasteiger partial charge in [0.1, 0.15) is 0 Å². The summed E-state index contributed by atoms with van der Waals surface area (Å²) in [6, 6.07) is 6.42. The number of hydrogen-bond acceptors (Lipinski definition) is 4. The number of rotatable bonds is 3. The summed E-state index contributed by atoms with van der Waals surface area (Å²) in [5, 5.41) is 3.15. The van der Waals surface area contributed by atoms with E-state index in [1.165, 1.54) is 11.1 Å². The van der Waals surface area contributed by atoms with Gasteiger partial charge in [0.25, 0.3) is 0 Å². The summed E-state index contributed by atoms with van der Waals surface area (Å²) in [4.78, 5) is 2.19. The number of anilines is 1. The van der Waals surface area contributed by atoms with Crippen LogP contribution in [0.5, 0.6) is 0 Å². The predicted molar refractivity (Wildman–Crippen MR) is 79.4 cm³/mol. The van der Waals surface area contributed by atoms with Gasteiger partial charge in [-0.15, -0.1) is 0 Å². The molecule has 1 unspecified atom stereocenters. The SMILES string of the molecule is CNCc1ccc(N2CCS(=O)(=O)CC2C)cc1C. The fourth-order valence-electron chi connectivity index (χ4n) is 2.63. The molecule has 0 amide bonds. The first-order chi connectivity index (χ1) is 8.93. The molecule has 1 aliphatic heterocycles. The molecule has 5 heteroatoms. The highest BCUT2D eigenvalue weighted by atomic mass is 32.2. The van der Waals surface area contributed by atoms with Crippen LogP contribution in [0.1, 0.15) is 18.1 Å². The number of benzene rings is 1. The first-order valence-corrected chi connectivity index (χ1v) is 8.46. The fraction of sp³-hybridized carbons (Fsp3) is 0.571. The summed E-state index contributed by atoms with van der Waals surface area (Å²) in [5.74, 6) is 0.513. The van der Waals surface area contributed by atoms with Gasteiger partial charge in [0.2, 0.25) is 0 Å². The van der Waals surface area contributed by atoms with Crippen molar-refractivity contribution in [2.45, 2.75) is 26.4 Å². The Hall–Kier alpha value is -1.07. The monoisotopic (exact) mass is 282 g/mol. The second-order valence-electron chi connectivity index (χ2n) is 5.30. The quantitative estimate of drug-likeness (QED) is 0.909.